The van der Waals surface area contributed by atoms with E-state index in [1.54, 1.807) is 5.32 Å². The van der Waals surface area contributed by atoms with E-state index in [2.05, 4.69) is 4.98 Å². The number of amides is 1. The molecule has 24 heavy (non-hydrogen) atoms. The van der Waals surface area contributed by atoms with Gasteiger partial charge >= 0.3 is 18.3 Å². The van der Waals surface area contributed by atoms with E-state index in [-0.39, 0.29) is 5.03 Å². The number of hydrogen-bond acceptors (Lipinski definition) is 4. The number of hydrogen-bond donors (Lipinski definition) is 2. The molecule has 1 rings (SSSR count). The Hall–Kier alpha value is -1.98. The third kappa shape index (κ3) is 7.06. The van der Waals surface area contributed by atoms with Crippen molar-refractivity contribution in [3.63, 3.8) is 0 Å². The summed E-state index contributed by atoms with van der Waals surface area (Å²) >= 11 is 0.655. The summed E-state index contributed by atoms with van der Waals surface area (Å²) in [5, 5.41) is 10.4. The van der Waals surface area contributed by atoms with E-state index in [9.17, 15) is 35.9 Å². The van der Waals surface area contributed by atoms with Crippen LogP contribution >= 0.6 is 11.8 Å². The highest BCUT2D eigenvalue weighted by molar-refractivity contribution is 7.99. The summed E-state index contributed by atoms with van der Waals surface area (Å²) in [6, 6.07) is -0.416. The van der Waals surface area contributed by atoms with E-state index in [4.69, 9.17) is 5.11 Å². The molecule has 1 aromatic rings. The lowest BCUT2D eigenvalue weighted by Gasteiger charge is -2.16. The molecule has 0 saturated heterocycles. The highest BCUT2D eigenvalue weighted by Gasteiger charge is 2.36. The minimum atomic E-state index is -4.78. The van der Waals surface area contributed by atoms with E-state index in [0.29, 0.717) is 18.0 Å². The number of pyridine rings is 1. The Kier molecular flexibility index (Phi) is 6.46. The molecule has 1 amide bonds. The monoisotopic (exact) mass is 376 g/mol. The van der Waals surface area contributed by atoms with E-state index in [1.807, 2.05) is 0 Å². The van der Waals surface area contributed by atoms with Crippen LogP contribution in [0.25, 0.3) is 0 Å². The Morgan fingerprint density at radius 3 is 2.25 bits per heavy atom. The number of aromatic nitrogens is 1. The van der Waals surface area contributed by atoms with Gasteiger partial charge in [-0.1, -0.05) is 11.8 Å². The fourth-order valence-corrected chi connectivity index (χ4v) is 2.09. The third-order valence-corrected chi connectivity index (χ3v) is 3.43. The number of rotatable bonds is 6. The average molecular weight is 376 g/mol. The average Bonchev–Trinajstić information content (AvgIpc) is 2.42. The zero-order valence-corrected chi connectivity index (χ0v) is 12.4. The number of carboxylic acids is 1. The van der Waals surface area contributed by atoms with E-state index >= 15 is 0 Å². The summed E-state index contributed by atoms with van der Waals surface area (Å²) in [5.41, 5.74) is -0.993. The molecule has 0 radical (unpaired) electrons. The number of carbonyl (C=O) groups excluding carboxylic acids is 1. The quantitative estimate of drug-likeness (QED) is 0.590. The number of nitrogens with one attached hydrogen (secondary N) is 1. The number of halogens is 6. The van der Waals surface area contributed by atoms with Gasteiger partial charge < -0.3 is 10.4 Å². The number of alkyl halides is 6. The van der Waals surface area contributed by atoms with Crippen LogP contribution in [0.15, 0.2) is 23.4 Å². The van der Waals surface area contributed by atoms with Gasteiger partial charge in [-0.2, -0.15) is 26.3 Å². The van der Waals surface area contributed by atoms with Crippen molar-refractivity contribution in [1.29, 1.82) is 0 Å². The minimum Gasteiger partial charge on any atom is -0.480 e. The van der Waals surface area contributed by atoms with Crippen LogP contribution in [0.5, 0.6) is 0 Å². The molecule has 1 unspecified atom stereocenters. The maximum Gasteiger partial charge on any atom is 0.417 e. The van der Waals surface area contributed by atoms with Gasteiger partial charge in [-0.3, -0.25) is 4.79 Å². The third-order valence-electron chi connectivity index (χ3n) is 2.48. The smallest absolute Gasteiger partial charge is 0.417 e. The van der Waals surface area contributed by atoms with E-state index in [1.165, 1.54) is 0 Å². The molecule has 1 heterocycles. The Balaban J connectivity index is 2.57. The van der Waals surface area contributed by atoms with Crippen LogP contribution in [0.3, 0.4) is 0 Å². The second-order valence-corrected chi connectivity index (χ2v) is 5.44. The van der Waals surface area contributed by atoms with Crippen LogP contribution in [-0.4, -0.2) is 39.9 Å². The van der Waals surface area contributed by atoms with Crippen molar-refractivity contribution >= 4 is 23.6 Å². The van der Waals surface area contributed by atoms with Crippen molar-refractivity contribution in [1.82, 2.24) is 10.3 Å². The summed E-state index contributed by atoms with van der Waals surface area (Å²) in [7, 11) is 0. The number of carbonyl (C=O) groups is 2. The summed E-state index contributed by atoms with van der Waals surface area (Å²) in [5.74, 6) is -3.36. The first kappa shape index (κ1) is 20.1. The standard InChI is InChI=1S/C12H10F6N2O3S/c13-11(14,15)3-7(10(22)23)20-8(21)5-24-9-2-1-6(4-19-9)12(16,17)18/h1-2,4,7H,3,5H2,(H,20,21)(H,22,23). The van der Waals surface area contributed by atoms with Crippen molar-refractivity contribution in [3.8, 4) is 0 Å². The lowest BCUT2D eigenvalue weighted by atomic mass is 10.2. The van der Waals surface area contributed by atoms with Gasteiger partial charge in [-0.15, -0.1) is 0 Å². The maximum atomic E-state index is 12.3. The molecule has 0 saturated carbocycles. The van der Waals surface area contributed by atoms with Crippen LogP contribution in [0, 0.1) is 0 Å². The highest BCUT2D eigenvalue weighted by atomic mass is 32.2. The predicted molar refractivity (Wildman–Crippen MR) is 70.2 cm³/mol. The van der Waals surface area contributed by atoms with Gasteiger partial charge in [0.1, 0.15) is 6.04 Å². The van der Waals surface area contributed by atoms with Crippen LogP contribution < -0.4 is 5.32 Å². The normalized spacial score (nSPS) is 13.4. The van der Waals surface area contributed by atoms with E-state index in [0.717, 1.165) is 12.1 Å². The van der Waals surface area contributed by atoms with Gasteiger partial charge in [-0.25, -0.2) is 9.78 Å². The Labute approximate surface area is 135 Å². The second kappa shape index (κ2) is 7.73. The van der Waals surface area contributed by atoms with Crippen LogP contribution in [0.4, 0.5) is 26.3 Å². The highest BCUT2D eigenvalue weighted by Crippen LogP contribution is 2.29. The minimum absolute atomic E-state index is 0.0286. The summed E-state index contributed by atoms with van der Waals surface area (Å²) in [6.07, 6.45) is -10.5. The van der Waals surface area contributed by atoms with Crippen LogP contribution in [-0.2, 0) is 15.8 Å². The van der Waals surface area contributed by atoms with Crippen molar-refractivity contribution in [2.75, 3.05) is 5.75 Å². The Morgan fingerprint density at radius 1 is 1.21 bits per heavy atom. The molecular formula is C12H10F6N2O3S. The van der Waals surface area contributed by atoms with E-state index < -0.39 is 48.0 Å². The number of carboxylic acid groups (broad SMARTS) is 1. The van der Waals surface area contributed by atoms with Gasteiger partial charge in [0.15, 0.2) is 0 Å². The first-order valence-corrected chi connectivity index (χ1v) is 7.12. The van der Waals surface area contributed by atoms with Gasteiger partial charge in [0.2, 0.25) is 5.91 Å². The molecule has 1 aromatic heterocycles. The number of nitrogens with zero attached hydrogens (tertiary/aromatic N) is 1. The second-order valence-electron chi connectivity index (χ2n) is 4.45. The summed E-state index contributed by atoms with van der Waals surface area (Å²) in [4.78, 5) is 25.6. The lowest BCUT2D eigenvalue weighted by Crippen LogP contribution is -2.44. The zero-order valence-electron chi connectivity index (χ0n) is 11.6. The summed E-state index contributed by atoms with van der Waals surface area (Å²) < 4.78 is 73.5. The zero-order chi connectivity index (χ0) is 18.5. The molecule has 134 valence electrons. The molecule has 12 heteroatoms. The van der Waals surface area contributed by atoms with Crippen molar-refractivity contribution in [3.05, 3.63) is 23.9 Å². The first-order valence-electron chi connectivity index (χ1n) is 6.13. The van der Waals surface area contributed by atoms with Crippen molar-refractivity contribution in [2.45, 2.75) is 29.8 Å². The molecule has 0 aliphatic rings. The number of aliphatic carboxylic acids is 1. The Bertz CT molecular complexity index is 588. The molecular weight excluding hydrogens is 366 g/mol. The molecule has 0 aliphatic carbocycles. The fraction of sp³-hybridized carbons (Fsp3) is 0.417. The topological polar surface area (TPSA) is 79.3 Å². The van der Waals surface area contributed by atoms with Crippen LogP contribution in [0.2, 0.25) is 0 Å². The largest absolute Gasteiger partial charge is 0.480 e. The van der Waals surface area contributed by atoms with Gasteiger partial charge in [-0.05, 0) is 12.1 Å². The lowest BCUT2D eigenvalue weighted by molar-refractivity contribution is -0.159. The molecule has 5 nitrogen and oxygen atoms in total. The Morgan fingerprint density at radius 2 is 1.83 bits per heavy atom. The molecule has 1 atom stereocenters. The van der Waals surface area contributed by atoms with Crippen LogP contribution in [0.1, 0.15) is 12.0 Å². The molecule has 0 aromatic carbocycles. The van der Waals surface area contributed by atoms with Gasteiger partial charge in [0.25, 0.3) is 0 Å². The molecule has 2 N–H and O–H groups in total. The maximum absolute atomic E-state index is 12.3. The number of thioether (sulfide) groups is 1. The van der Waals surface area contributed by atoms with Gasteiger partial charge in [0.05, 0.1) is 22.8 Å². The molecule has 0 aliphatic heterocycles. The predicted octanol–water partition coefficient (Wildman–Crippen LogP) is 2.71. The summed E-state index contributed by atoms with van der Waals surface area (Å²) in [6.45, 7) is 0. The molecule has 0 fully saturated rings. The SMILES string of the molecule is O=C(CSc1ccc(C(F)(F)F)cn1)NC(CC(F)(F)F)C(=O)O. The van der Waals surface area contributed by atoms with Gasteiger partial charge in [0, 0.05) is 6.20 Å². The first-order chi connectivity index (χ1) is 10.9. The molecule has 0 spiro atoms. The fourth-order valence-electron chi connectivity index (χ4n) is 1.44. The van der Waals surface area contributed by atoms with Crippen molar-refractivity contribution in [2.24, 2.45) is 0 Å². The van der Waals surface area contributed by atoms with Crippen molar-refractivity contribution < 1.29 is 41.0 Å². The molecule has 0 bridgehead atoms.